The molecule has 1 aliphatic rings. The van der Waals surface area contributed by atoms with Crippen LogP contribution in [0.4, 0.5) is 0 Å². The monoisotopic (exact) mass is 124 g/mol. The molecule has 0 fully saturated rings. The van der Waals surface area contributed by atoms with Crippen molar-refractivity contribution >= 4 is 0 Å². The summed E-state index contributed by atoms with van der Waals surface area (Å²) in [5, 5.41) is 0. The summed E-state index contributed by atoms with van der Waals surface area (Å²) in [6.07, 6.45) is 10.3. The van der Waals surface area contributed by atoms with E-state index in [4.69, 9.17) is 0 Å². The molecular weight excluding hydrogens is 110 g/mol. The second kappa shape index (κ2) is 3.46. The average Bonchev–Trinajstić information content (AvgIpc) is 2.34. The molecule has 0 aromatic carbocycles. The molecule has 3 N–H and O–H groups in total. The Morgan fingerprint density at radius 2 is 2.44 bits per heavy atom. The van der Waals surface area contributed by atoms with E-state index in [0.29, 0.717) is 0 Å². The lowest BCUT2D eigenvalue weighted by Crippen LogP contribution is -2.50. The van der Waals surface area contributed by atoms with Gasteiger partial charge in [-0.2, -0.15) is 0 Å². The minimum Gasteiger partial charge on any atom is -0.358 e. The van der Waals surface area contributed by atoms with Crippen LogP contribution in [0, 0.1) is 0 Å². The van der Waals surface area contributed by atoms with Crippen molar-refractivity contribution in [3.8, 4) is 0 Å². The van der Waals surface area contributed by atoms with Gasteiger partial charge < -0.3 is 5.73 Å². The van der Waals surface area contributed by atoms with Gasteiger partial charge >= 0.3 is 0 Å². The van der Waals surface area contributed by atoms with Crippen molar-refractivity contribution in [1.82, 2.24) is 0 Å². The normalized spacial score (nSPS) is 16.3. The molecule has 1 aliphatic carbocycles. The van der Waals surface area contributed by atoms with Gasteiger partial charge in [0.15, 0.2) is 0 Å². The molecule has 50 valence electrons. The lowest BCUT2D eigenvalue weighted by Gasteiger charge is -1.92. The van der Waals surface area contributed by atoms with E-state index in [0.717, 1.165) is 13.0 Å². The average molecular weight is 124 g/mol. The Bertz CT molecular complexity index is 134. The van der Waals surface area contributed by atoms with Gasteiger partial charge in [0, 0.05) is 6.42 Å². The van der Waals surface area contributed by atoms with Crippen LogP contribution >= 0.6 is 0 Å². The first kappa shape index (κ1) is 6.56. The molecule has 0 saturated carbocycles. The zero-order chi connectivity index (χ0) is 6.53. The summed E-state index contributed by atoms with van der Waals surface area (Å²) < 4.78 is 0. The number of allylic oxidation sites excluding steroid dienone is 4. The summed E-state index contributed by atoms with van der Waals surface area (Å²) in [7, 11) is 0. The molecule has 0 amide bonds. The SMILES string of the molecule is [NH3+]CCCC1=CCC=C1. The molecule has 0 aliphatic heterocycles. The molecule has 0 heterocycles. The summed E-state index contributed by atoms with van der Waals surface area (Å²) >= 11 is 0. The van der Waals surface area contributed by atoms with Gasteiger partial charge in [-0.15, -0.1) is 0 Å². The van der Waals surface area contributed by atoms with Gasteiger partial charge in [-0.3, -0.25) is 0 Å². The maximum Gasteiger partial charge on any atom is 0.0743 e. The van der Waals surface area contributed by atoms with Crippen molar-refractivity contribution in [2.45, 2.75) is 19.3 Å². The van der Waals surface area contributed by atoms with E-state index in [1.165, 1.54) is 18.4 Å². The fraction of sp³-hybridized carbons (Fsp3) is 0.500. The molecule has 0 saturated heterocycles. The zero-order valence-corrected chi connectivity index (χ0v) is 5.77. The summed E-state index contributed by atoms with van der Waals surface area (Å²) in [6.45, 7) is 1.06. The Morgan fingerprint density at radius 3 is 3.00 bits per heavy atom. The summed E-state index contributed by atoms with van der Waals surface area (Å²) in [6, 6.07) is 0. The van der Waals surface area contributed by atoms with Gasteiger partial charge in [0.25, 0.3) is 0 Å². The second-order valence-electron chi connectivity index (χ2n) is 2.37. The number of hydrogen-bond acceptors (Lipinski definition) is 0. The maximum atomic E-state index is 3.80. The molecule has 1 rings (SSSR count). The molecule has 0 atom stereocenters. The van der Waals surface area contributed by atoms with Crippen molar-refractivity contribution in [2.75, 3.05) is 6.54 Å². The number of quaternary nitrogens is 1. The Kier molecular flexibility index (Phi) is 2.52. The molecule has 0 spiro atoms. The number of rotatable bonds is 3. The highest BCUT2D eigenvalue weighted by molar-refractivity contribution is 5.25. The third kappa shape index (κ3) is 2.02. The maximum absolute atomic E-state index is 3.80. The van der Waals surface area contributed by atoms with Gasteiger partial charge in [0.2, 0.25) is 0 Å². The lowest BCUT2D eigenvalue weighted by molar-refractivity contribution is -0.368. The van der Waals surface area contributed by atoms with E-state index in [1.54, 1.807) is 0 Å². The standard InChI is InChI=1S/C8H13N/c9-7-3-6-8-4-1-2-5-8/h1,4-5H,2-3,6-7,9H2/p+1. The molecule has 1 heteroatoms. The van der Waals surface area contributed by atoms with Crippen molar-refractivity contribution in [3.05, 3.63) is 23.8 Å². The van der Waals surface area contributed by atoms with Crippen molar-refractivity contribution in [2.24, 2.45) is 0 Å². The first-order valence-corrected chi connectivity index (χ1v) is 3.58. The predicted octanol–water partition coefficient (Wildman–Crippen LogP) is 0.895. The van der Waals surface area contributed by atoms with Crippen LogP contribution < -0.4 is 5.73 Å². The number of hydrogen-bond donors (Lipinski definition) is 1. The third-order valence-electron chi connectivity index (χ3n) is 1.56. The minimum absolute atomic E-state index is 1.06. The van der Waals surface area contributed by atoms with Crippen LogP contribution in [0.3, 0.4) is 0 Å². The van der Waals surface area contributed by atoms with Crippen LogP contribution in [-0.2, 0) is 0 Å². The highest BCUT2D eigenvalue weighted by Crippen LogP contribution is 2.13. The van der Waals surface area contributed by atoms with Crippen LogP contribution in [0.1, 0.15) is 19.3 Å². The summed E-state index contributed by atoms with van der Waals surface area (Å²) in [4.78, 5) is 0. The Labute approximate surface area is 56.2 Å². The fourth-order valence-electron chi connectivity index (χ4n) is 1.02. The van der Waals surface area contributed by atoms with Gasteiger partial charge in [0.05, 0.1) is 6.54 Å². The van der Waals surface area contributed by atoms with E-state index in [9.17, 15) is 0 Å². The Hall–Kier alpha value is -0.560. The van der Waals surface area contributed by atoms with Crippen molar-refractivity contribution < 1.29 is 5.73 Å². The zero-order valence-electron chi connectivity index (χ0n) is 5.77. The van der Waals surface area contributed by atoms with Crippen LogP contribution in [-0.4, -0.2) is 6.54 Å². The topological polar surface area (TPSA) is 27.6 Å². The van der Waals surface area contributed by atoms with E-state index in [2.05, 4.69) is 24.0 Å². The molecule has 0 aromatic rings. The first-order valence-electron chi connectivity index (χ1n) is 3.58. The quantitative estimate of drug-likeness (QED) is 0.579. The van der Waals surface area contributed by atoms with Crippen LogP contribution in [0.25, 0.3) is 0 Å². The minimum atomic E-state index is 1.06. The summed E-state index contributed by atoms with van der Waals surface area (Å²) in [5.41, 5.74) is 5.29. The Morgan fingerprint density at radius 1 is 1.56 bits per heavy atom. The predicted molar refractivity (Wildman–Crippen MR) is 38.8 cm³/mol. The molecule has 1 nitrogen and oxygen atoms in total. The Balaban J connectivity index is 2.19. The first-order chi connectivity index (χ1) is 4.43. The molecule has 0 bridgehead atoms. The van der Waals surface area contributed by atoms with E-state index in [1.807, 2.05) is 0 Å². The molecule has 0 radical (unpaired) electrons. The van der Waals surface area contributed by atoms with E-state index in [-0.39, 0.29) is 0 Å². The van der Waals surface area contributed by atoms with Crippen molar-refractivity contribution in [1.29, 1.82) is 0 Å². The van der Waals surface area contributed by atoms with Crippen LogP contribution in [0.5, 0.6) is 0 Å². The van der Waals surface area contributed by atoms with Gasteiger partial charge in [-0.25, -0.2) is 0 Å². The van der Waals surface area contributed by atoms with Crippen molar-refractivity contribution in [3.63, 3.8) is 0 Å². The van der Waals surface area contributed by atoms with Gasteiger partial charge in [0.1, 0.15) is 0 Å². The molecule has 9 heavy (non-hydrogen) atoms. The van der Waals surface area contributed by atoms with Gasteiger partial charge in [-0.1, -0.05) is 23.8 Å². The smallest absolute Gasteiger partial charge is 0.0743 e. The van der Waals surface area contributed by atoms with E-state index < -0.39 is 0 Å². The van der Waals surface area contributed by atoms with E-state index >= 15 is 0 Å². The molecule has 0 aromatic heterocycles. The largest absolute Gasteiger partial charge is 0.358 e. The van der Waals surface area contributed by atoms with Crippen LogP contribution in [0.15, 0.2) is 23.8 Å². The second-order valence-corrected chi connectivity index (χ2v) is 2.37. The lowest BCUT2D eigenvalue weighted by atomic mass is 10.1. The highest BCUT2D eigenvalue weighted by Gasteiger charge is 1.95. The van der Waals surface area contributed by atoms with Gasteiger partial charge in [-0.05, 0) is 12.8 Å². The summed E-state index contributed by atoms with van der Waals surface area (Å²) in [5.74, 6) is 0. The molecular formula is C8H14N+. The molecule has 0 unspecified atom stereocenters. The fourth-order valence-corrected chi connectivity index (χ4v) is 1.02. The third-order valence-corrected chi connectivity index (χ3v) is 1.56. The van der Waals surface area contributed by atoms with Crippen LogP contribution in [0.2, 0.25) is 0 Å². The highest BCUT2D eigenvalue weighted by atomic mass is 14.5.